The minimum Gasteiger partial charge on any atom is -0.507 e. The summed E-state index contributed by atoms with van der Waals surface area (Å²) in [5.74, 6) is 0.0300. The second-order valence-electron chi connectivity index (χ2n) is 3.02. The van der Waals surface area contributed by atoms with Crippen LogP contribution in [0, 0.1) is 11.3 Å². The first-order chi connectivity index (χ1) is 6.24. The first kappa shape index (κ1) is 7.81. The van der Waals surface area contributed by atoms with Gasteiger partial charge in [-0.05, 0) is 24.1 Å². The lowest BCUT2D eigenvalue weighted by Gasteiger charge is -2.01. The molecular formula is C10H7NO2. The lowest BCUT2D eigenvalue weighted by Crippen LogP contribution is -1.92. The fraction of sp³-hybridized carbons (Fsp3) is 0.200. The van der Waals surface area contributed by atoms with Crippen LogP contribution in [-0.4, -0.2) is 10.9 Å². The lowest BCUT2D eigenvalue weighted by molar-refractivity contribution is 0.0994. The summed E-state index contributed by atoms with van der Waals surface area (Å²) in [7, 11) is 0. The van der Waals surface area contributed by atoms with E-state index in [-0.39, 0.29) is 17.1 Å². The van der Waals surface area contributed by atoms with Crippen LogP contribution in [-0.2, 0) is 6.42 Å². The summed E-state index contributed by atoms with van der Waals surface area (Å²) >= 11 is 0. The number of nitriles is 1. The van der Waals surface area contributed by atoms with E-state index in [0.717, 1.165) is 0 Å². The number of nitrogens with zero attached hydrogens (tertiary/aromatic N) is 1. The maximum atomic E-state index is 11.3. The Morgan fingerprint density at radius 3 is 2.85 bits per heavy atom. The average Bonchev–Trinajstić information content (AvgIpc) is 2.48. The number of carbonyl (C=O) groups excluding carboxylic acids is 1. The molecule has 1 aliphatic carbocycles. The molecule has 0 aliphatic heterocycles. The number of hydrogen-bond acceptors (Lipinski definition) is 3. The summed E-state index contributed by atoms with van der Waals surface area (Å²) in [6, 6.07) is 4.90. The van der Waals surface area contributed by atoms with Crippen molar-refractivity contribution in [3.8, 4) is 11.8 Å². The summed E-state index contributed by atoms with van der Waals surface area (Å²) in [6.07, 6.45) is 1.03. The zero-order valence-corrected chi connectivity index (χ0v) is 6.87. The van der Waals surface area contributed by atoms with Crippen molar-refractivity contribution in [3.05, 3.63) is 28.8 Å². The first-order valence-electron chi connectivity index (χ1n) is 4.02. The van der Waals surface area contributed by atoms with Crippen molar-refractivity contribution in [1.29, 1.82) is 5.26 Å². The summed E-state index contributed by atoms with van der Waals surface area (Å²) < 4.78 is 0. The highest BCUT2D eigenvalue weighted by Crippen LogP contribution is 2.30. The normalized spacial score (nSPS) is 13.9. The van der Waals surface area contributed by atoms with Crippen LogP contribution in [0.25, 0.3) is 0 Å². The van der Waals surface area contributed by atoms with Gasteiger partial charge in [0.05, 0.1) is 5.56 Å². The summed E-state index contributed by atoms with van der Waals surface area (Å²) in [5, 5.41) is 18.1. The first-order valence-corrected chi connectivity index (χ1v) is 4.02. The Morgan fingerprint density at radius 1 is 1.38 bits per heavy atom. The molecule has 1 aromatic rings. The number of aromatic hydroxyl groups is 1. The van der Waals surface area contributed by atoms with Crippen molar-refractivity contribution in [2.45, 2.75) is 12.8 Å². The monoisotopic (exact) mass is 173 g/mol. The van der Waals surface area contributed by atoms with E-state index in [4.69, 9.17) is 5.26 Å². The Labute approximate surface area is 75.2 Å². The van der Waals surface area contributed by atoms with Crippen LogP contribution in [0.15, 0.2) is 12.1 Å². The van der Waals surface area contributed by atoms with Crippen LogP contribution < -0.4 is 0 Å². The molecule has 0 radical (unpaired) electrons. The van der Waals surface area contributed by atoms with Crippen LogP contribution in [0.1, 0.15) is 27.9 Å². The molecule has 3 heteroatoms. The molecular weight excluding hydrogens is 166 g/mol. The van der Waals surface area contributed by atoms with Gasteiger partial charge in [0.25, 0.3) is 0 Å². The molecule has 0 bridgehead atoms. The molecule has 0 amide bonds. The third-order valence-electron chi connectivity index (χ3n) is 2.31. The highest BCUT2D eigenvalue weighted by Gasteiger charge is 2.23. The summed E-state index contributed by atoms with van der Waals surface area (Å²) in [4.78, 5) is 11.3. The number of benzene rings is 1. The van der Waals surface area contributed by atoms with Gasteiger partial charge in [0.1, 0.15) is 11.8 Å². The van der Waals surface area contributed by atoms with Gasteiger partial charge in [0.15, 0.2) is 5.78 Å². The second kappa shape index (κ2) is 2.60. The summed E-state index contributed by atoms with van der Waals surface area (Å²) in [6.45, 7) is 0. The van der Waals surface area contributed by atoms with E-state index in [2.05, 4.69) is 0 Å². The van der Waals surface area contributed by atoms with E-state index >= 15 is 0 Å². The fourth-order valence-corrected chi connectivity index (χ4v) is 1.65. The Kier molecular flexibility index (Phi) is 1.56. The zero-order valence-electron chi connectivity index (χ0n) is 6.87. The number of phenols is 1. The zero-order chi connectivity index (χ0) is 9.42. The lowest BCUT2D eigenvalue weighted by atomic mass is 10.0. The van der Waals surface area contributed by atoms with Gasteiger partial charge in [0.2, 0.25) is 0 Å². The van der Waals surface area contributed by atoms with Crippen molar-refractivity contribution < 1.29 is 9.90 Å². The van der Waals surface area contributed by atoms with Gasteiger partial charge < -0.3 is 5.11 Å². The van der Waals surface area contributed by atoms with Crippen molar-refractivity contribution in [2.24, 2.45) is 0 Å². The Bertz CT molecular complexity index is 429. The smallest absolute Gasteiger partial charge is 0.163 e. The number of carbonyl (C=O) groups is 1. The van der Waals surface area contributed by atoms with E-state index in [0.29, 0.717) is 24.0 Å². The molecule has 64 valence electrons. The minimum absolute atomic E-state index is 0.0315. The van der Waals surface area contributed by atoms with Crippen LogP contribution >= 0.6 is 0 Å². The Morgan fingerprint density at radius 2 is 2.15 bits per heavy atom. The van der Waals surface area contributed by atoms with Crippen LogP contribution in [0.3, 0.4) is 0 Å². The third-order valence-corrected chi connectivity index (χ3v) is 2.31. The molecule has 0 atom stereocenters. The van der Waals surface area contributed by atoms with E-state index in [1.54, 1.807) is 6.07 Å². The number of Topliss-reactive ketones (excluding diaryl/α,β-unsaturated/α-hetero) is 1. The number of phenolic OH excluding ortho intramolecular Hbond substituents is 1. The molecule has 2 rings (SSSR count). The van der Waals surface area contributed by atoms with E-state index in [1.165, 1.54) is 6.07 Å². The van der Waals surface area contributed by atoms with Crippen molar-refractivity contribution in [3.63, 3.8) is 0 Å². The molecule has 0 fully saturated rings. The molecule has 0 spiro atoms. The van der Waals surface area contributed by atoms with Crippen molar-refractivity contribution in [2.75, 3.05) is 0 Å². The number of hydrogen-bond donors (Lipinski definition) is 1. The van der Waals surface area contributed by atoms with Gasteiger partial charge in [-0.1, -0.05) is 0 Å². The Balaban J connectivity index is 2.73. The Hall–Kier alpha value is -1.82. The van der Waals surface area contributed by atoms with E-state index < -0.39 is 0 Å². The van der Waals surface area contributed by atoms with Gasteiger partial charge >= 0.3 is 0 Å². The molecule has 0 unspecified atom stereocenters. The predicted molar refractivity (Wildman–Crippen MR) is 45.5 cm³/mol. The fourth-order valence-electron chi connectivity index (χ4n) is 1.65. The van der Waals surface area contributed by atoms with Crippen LogP contribution in [0.4, 0.5) is 0 Å². The van der Waals surface area contributed by atoms with Crippen LogP contribution in [0.5, 0.6) is 5.75 Å². The quantitative estimate of drug-likeness (QED) is 0.644. The molecule has 0 heterocycles. The molecule has 13 heavy (non-hydrogen) atoms. The van der Waals surface area contributed by atoms with Gasteiger partial charge in [-0.2, -0.15) is 5.26 Å². The maximum absolute atomic E-state index is 11.3. The number of fused-ring (bicyclic) bond motifs is 1. The standard InChI is InChI=1S/C10H7NO2/c11-5-8-6-1-3-9(12)7(6)2-4-10(8)13/h2,4,13H,1,3H2. The second-order valence-corrected chi connectivity index (χ2v) is 3.02. The highest BCUT2D eigenvalue weighted by molar-refractivity contribution is 6.01. The molecule has 1 aromatic carbocycles. The van der Waals surface area contributed by atoms with Crippen molar-refractivity contribution in [1.82, 2.24) is 0 Å². The largest absolute Gasteiger partial charge is 0.507 e. The van der Waals surface area contributed by atoms with Crippen LogP contribution in [0.2, 0.25) is 0 Å². The molecule has 1 N–H and O–H groups in total. The molecule has 3 nitrogen and oxygen atoms in total. The highest BCUT2D eigenvalue weighted by atomic mass is 16.3. The van der Waals surface area contributed by atoms with Gasteiger partial charge in [-0.25, -0.2) is 0 Å². The summed E-state index contributed by atoms with van der Waals surface area (Å²) in [5.41, 5.74) is 1.55. The topological polar surface area (TPSA) is 61.1 Å². The van der Waals surface area contributed by atoms with Gasteiger partial charge in [-0.15, -0.1) is 0 Å². The van der Waals surface area contributed by atoms with Gasteiger partial charge in [0, 0.05) is 12.0 Å². The molecule has 0 aromatic heterocycles. The average molecular weight is 173 g/mol. The maximum Gasteiger partial charge on any atom is 0.163 e. The van der Waals surface area contributed by atoms with Crippen molar-refractivity contribution >= 4 is 5.78 Å². The minimum atomic E-state index is -0.0315. The SMILES string of the molecule is N#Cc1c(O)ccc2c1CCC2=O. The molecule has 1 aliphatic rings. The third kappa shape index (κ3) is 0.994. The van der Waals surface area contributed by atoms with E-state index in [1.807, 2.05) is 6.07 Å². The van der Waals surface area contributed by atoms with E-state index in [9.17, 15) is 9.90 Å². The number of rotatable bonds is 0. The predicted octanol–water partition coefficient (Wildman–Crippen LogP) is 1.39. The molecule has 0 saturated heterocycles. The molecule has 0 saturated carbocycles. The number of ketones is 1. The van der Waals surface area contributed by atoms with Gasteiger partial charge in [-0.3, -0.25) is 4.79 Å².